The van der Waals surface area contributed by atoms with Crippen molar-refractivity contribution in [1.29, 1.82) is 0 Å². The number of quaternary nitrogens is 1. The maximum atomic E-state index is 12.4. The van der Waals surface area contributed by atoms with Crippen LogP contribution < -0.4 is 15.8 Å². The van der Waals surface area contributed by atoms with E-state index in [2.05, 4.69) is 10.3 Å². The average Bonchev–Trinajstić information content (AvgIpc) is 2.50. The zero-order valence-electron chi connectivity index (χ0n) is 13.7. The van der Waals surface area contributed by atoms with Crippen LogP contribution >= 0.6 is 12.2 Å². The first-order valence-corrected chi connectivity index (χ1v) is 8.19. The fourth-order valence-corrected chi connectivity index (χ4v) is 2.63. The van der Waals surface area contributed by atoms with Crippen LogP contribution in [0.25, 0.3) is 10.9 Å². The van der Waals surface area contributed by atoms with Gasteiger partial charge in [0.1, 0.15) is 0 Å². The van der Waals surface area contributed by atoms with Crippen molar-refractivity contribution in [3.8, 4) is 0 Å². The van der Waals surface area contributed by atoms with Gasteiger partial charge in [-0.05, 0) is 36.8 Å². The van der Waals surface area contributed by atoms with Crippen molar-refractivity contribution in [2.45, 2.75) is 19.9 Å². The van der Waals surface area contributed by atoms with Crippen molar-refractivity contribution < 1.29 is 9.69 Å². The molecule has 0 aliphatic carbocycles. The summed E-state index contributed by atoms with van der Waals surface area (Å²) in [7, 11) is 4.06. The molecule has 7 heteroatoms. The molecule has 0 bridgehead atoms. The summed E-state index contributed by atoms with van der Waals surface area (Å²) < 4.78 is 1.94. The summed E-state index contributed by atoms with van der Waals surface area (Å²) >= 11 is 5.24. The molecular weight excluding hydrogens is 312 g/mol. The molecule has 0 saturated carbocycles. The molecular formula is C16H23N4O2S+. The summed E-state index contributed by atoms with van der Waals surface area (Å²) in [5.74, 6) is -0.148. The lowest BCUT2D eigenvalue weighted by Gasteiger charge is -2.10. The minimum absolute atomic E-state index is 0.117. The van der Waals surface area contributed by atoms with Crippen LogP contribution in [0.2, 0.25) is 0 Å². The number of carbonyl (C=O) groups is 1. The van der Waals surface area contributed by atoms with E-state index >= 15 is 0 Å². The Hall–Kier alpha value is -1.99. The van der Waals surface area contributed by atoms with Crippen LogP contribution in [0.4, 0.5) is 0 Å². The van der Waals surface area contributed by atoms with Crippen molar-refractivity contribution in [3.05, 3.63) is 38.9 Å². The van der Waals surface area contributed by atoms with E-state index < -0.39 is 0 Å². The first-order chi connectivity index (χ1) is 10.9. The van der Waals surface area contributed by atoms with Crippen LogP contribution in [0.3, 0.4) is 0 Å². The monoisotopic (exact) mass is 335 g/mol. The van der Waals surface area contributed by atoms with Crippen LogP contribution in [0, 0.1) is 4.77 Å². The van der Waals surface area contributed by atoms with Crippen LogP contribution in [-0.4, -0.2) is 42.6 Å². The Morgan fingerprint density at radius 2 is 2.13 bits per heavy atom. The molecule has 1 heterocycles. The second kappa shape index (κ2) is 7.52. The van der Waals surface area contributed by atoms with Crippen molar-refractivity contribution in [2.24, 2.45) is 0 Å². The average molecular weight is 335 g/mol. The molecule has 23 heavy (non-hydrogen) atoms. The van der Waals surface area contributed by atoms with Gasteiger partial charge in [0.25, 0.3) is 11.5 Å². The van der Waals surface area contributed by atoms with Crippen LogP contribution in [0.1, 0.15) is 23.7 Å². The molecule has 2 rings (SSSR count). The molecule has 1 aromatic carbocycles. The fourth-order valence-electron chi connectivity index (χ4n) is 2.35. The van der Waals surface area contributed by atoms with Gasteiger partial charge in [-0.3, -0.25) is 14.2 Å². The summed E-state index contributed by atoms with van der Waals surface area (Å²) in [5.41, 5.74) is 0.997. The molecule has 3 N–H and O–H groups in total. The standard InChI is InChI=1S/C16H22N4O2S/c1-4-8-20-15(22)12-6-5-11(10-13(12)18-16(20)23)14(21)17-7-9-19(2)3/h5-6,10H,4,7-9H2,1-3H3,(H,17,21)(H,18,23)/p+1. The lowest BCUT2D eigenvalue weighted by Crippen LogP contribution is -3.06. The van der Waals surface area contributed by atoms with E-state index in [1.807, 2.05) is 21.0 Å². The minimum atomic E-state index is -0.148. The summed E-state index contributed by atoms with van der Waals surface area (Å²) in [6.45, 7) is 4.03. The van der Waals surface area contributed by atoms with Crippen molar-refractivity contribution in [2.75, 3.05) is 27.2 Å². The predicted octanol–water partition coefficient (Wildman–Crippen LogP) is 0.343. The molecule has 0 saturated heterocycles. The van der Waals surface area contributed by atoms with E-state index in [0.717, 1.165) is 13.0 Å². The highest BCUT2D eigenvalue weighted by Gasteiger charge is 2.10. The quantitative estimate of drug-likeness (QED) is 0.667. The number of aromatic amines is 1. The number of hydrogen-bond acceptors (Lipinski definition) is 3. The van der Waals surface area contributed by atoms with Gasteiger partial charge in [0, 0.05) is 12.1 Å². The Kier molecular flexibility index (Phi) is 5.68. The topological polar surface area (TPSA) is 71.3 Å². The van der Waals surface area contributed by atoms with E-state index in [1.165, 1.54) is 4.90 Å². The van der Waals surface area contributed by atoms with Crippen LogP contribution in [0.15, 0.2) is 23.0 Å². The third kappa shape index (κ3) is 4.05. The largest absolute Gasteiger partial charge is 0.346 e. The summed E-state index contributed by atoms with van der Waals surface area (Å²) in [5, 5.41) is 3.42. The first-order valence-electron chi connectivity index (χ1n) is 7.78. The molecule has 124 valence electrons. The Bertz CT molecular complexity index is 823. The molecule has 2 aromatic rings. The van der Waals surface area contributed by atoms with Gasteiger partial charge in [-0.25, -0.2) is 0 Å². The Labute approximate surface area is 140 Å². The Morgan fingerprint density at radius 3 is 2.78 bits per heavy atom. The van der Waals surface area contributed by atoms with Crippen molar-refractivity contribution >= 4 is 29.0 Å². The molecule has 1 amide bonds. The lowest BCUT2D eigenvalue weighted by molar-refractivity contribution is -0.856. The van der Waals surface area contributed by atoms with Gasteiger partial charge < -0.3 is 15.2 Å². The van der Waals surface area contributed by atoms with E-state index in [4.69, 9.17) is 12.2 Å². The van der Waals surface area contributed by atoms with E-state index in [9.17, 15) is 9.59 Å². The number of nitrogens with zero attached hydrogens (tertiary/aromatic N) is 1. The number of benzene rings is 1. The van der Waals surface area contributed by atoms with E-state index in [1.54, 1.807) is 22.8 Å². The van der Waals surface area contributed by atoms with Gasteiger partial charge in [-0.2, -0.15) is 0 Å². The normalized spacial score (nSPS) is 11.1. The number of H-pyrrole nitrogens is 1. The maximum absolute atomic E-state index is 12.4. The Morgan fingerprint density at radius 1 is 1.39 bits per heavy atom. The number of rotatable bonds is 6. The molecule has 0 unspecified atom stereocenters. The highest BCUT2D eigenvalue weighted by atomic mass is 32.1. The zero-order valence-corrected chi connectivity index (χ0v) is 14.5. The number of fused-ring (bicyclic) bond motifs is 1. The summed E-state index contributed by atoms with van der Waals surface area (Å²) in [6.07, 6.45) is 0.831. The third-order valence-corrected chi connectivity index (χ3v) is 3.92. The molecule has 1 aromatic heterocycles. The van der Waals surface area contributed by atoms with E-state index in [0.29, 0.717) is 34.3 Å². The van der Waals surface area contributed by atoms with Crippen molar-refractivity contribution in [1.82, 2.24) is 14.9 Å². The number of likely N-dealkylation sites (N-methyl/N-ethyl adjacent to an activating group) is 1. The molecule has 0 fully saturated rings. The van der Waals surface area contributed by atoms with Gasteiger partial charge in [-0.15, -0.1) is 0 Å². The van der Waals surface area contributed by atoms with Gasteiger partial charge >= 0.3 is 0 Å². The number of aromatic nitrogens is 2. The fraction of sp³-hybridized carbons (Fsp3) is 0.438. The van der Waals surface area contributed by atoms with Crippen LogP contribution in [0.5, 0.6) is 0 Å². The molecule has 0 aliphatic rings. The van der Waals surface area contributed by atoms with Gasteiger partial charge in [-0.1, -0.05) is 6.92 Å². The SMILES string of the molecule is CCCn1c(=S)[nH]c2cc(C(=O)NCC[NH+](C)C)ccc2c1=O. The number of hydrogen-bond donors (Lipinski definition) is 3. The Balaban J connectivity index is 2.33. The third-order valence-electron chi connectivity index (χ3n) is 3.60. The predicted molar refractivity (Wildman–Crippen MR) is 93.7 cm³/mol. The number of nitrogens with one attached hydrogen (secondary N) is 3. The smallest absolute Gasteiger partial charge is 0.262 e. The molecule has 0 atom stereocenters. The second-order valence-corrected chi connectivity index (χ2v) is 6.25. The minimum Gasteiger partial charge on any atom is -0.346 e. The summed E-state index contributed by atoms with van der Waals surface area (Å²) in [6, 6.07) is 5.04. The maximum Gasteiger partial charge on any atom is 0.262 e. The van der Waals surface area contributed by atoms with Crippen molar-refractivity contribution in [3.63, 3.8) is 0 Å². The van der Waals surface area contributed by atoms with E-state index in [-0.39, 0.29) is 11.5 Å². The van der Waals surface area contributed by atoms with Gasteiger partial charge in [0.15, 0.2) is 4.77 Å². The summed E-state index contributed by atoms with van der Waals surface area (Å²) in [4.78, 5) is 28.9. The zero-order chi connectivity index (χ0) is 17.0. The molecule has 0 spiro atoms. The molecule has 0 aliphatic heterocycles. The van der Waals surface area contributed by atoms with Crippen LogP contribution in [-0.2, 0) is 6.54 Å². The highest BCUT2D eigenvalue weighted by Crippen LogP contribution is 2.11. The highest BCUT2D eigenvalue weighted by molar-refractivity contribution is 7.71. The first kappa shape index (κ1) is 17.4. The number of carbonyl (C=O) groups excluding carboxylic acids is 1. The second-order valence-electron chi connectivity index (χ2n) is 5.86. The molecule has 6 nitrogen and oxygen atoms in total. The molecule has 0 radical (unpaired) electrons. The van der Waals surface area contributed by atoms with Gasteiger partial charge in [0.2, 0.25) is 0 Å². The van der Waals surface area contributed by atoms with Gasteiger partial charge in [0.05, 0.1) is 38.1 Å². The number of amides is 1. The lowest BCUT2D eigenvalue weighted by atomic mass is 10.1.